The van der Waals surface area contributed by atoms with Crippen LogP contribution in [0.4, 0.5) is 0 Å². The van der Waals surface area contributed by atoms with Crippen LogP contribution in [0.25, 0.3) is 10.9 Å². The molecule has 4 aromatic rings. The van der Waals surface area contributed by atoms with E-state index in [2.05, 4.69) is 57.2 Å². The van der Waals surface area contributed by atoms with Gasteiger partial charge in [-0.25, -0.2) is 9.78 Å². The van der Waals surface area contributed by atoms with Gasteiger partial charge in [0.15, 0.2) is 5.96 Å². The van der Waals surface area contributed by atoms with Crippen LogP contribution in [-0.4, -0.2) is 146 Å². The Morgan fingerprint density at radius 1 is 0.636 bits per heavy atom. The highest BCUT2D eigenvalue weighted by molar-refractivity contribution is 5.98. The molecule has 0 bridgehead atoms. The summed E-state index contributed by atoms with van der Waals surface area (Å²) in [5.74, 6) is -8.55. The van der Waals surface area contributed by atoms with Crippen LogP contribution in [0, 0.1) is 0 Å². The van der Waals surface area contributed by atoms with Gasteiger partial charge in [0.25, 0.3) is 0 Å². The topological polar surface area (TPSA) is 439 Å². The summed E-state index contributed by atoms with van der Waals surface area (Å²) in [4.78, 5) is 135. The molecule has 77 heavy (non-hydrogen) atoms. The van der Waals surface area contributed by atoms with Crippen molar-refractivity contribution < 1.29 is 53.4 Å². The number of unbranched alkanes of at least 4 members (excludes halogenated alkanes) is 2. The van der Waals surface area contributed by atoms with Crippen LogP contribution in [0.15, 0.2) is 78.3 Å². The van der Waals surface area contributed by atoms with E-state index in [1.54, 1.807) is 48.7 Å². The number of para-hydroxylation sites is 1. The fraction of sp³-hybridized carbons (Fsp3) is 0.471. The Hall–Kier alpha value is -8.39. The number of nitrogens with two attached hydrogens (primary N) is 4. The number of aliphatic imine (C=N–C) groups is 1. The van der Waals surface area contributed by atoms with E-state index in [1.165, 1.54) is 12.5 Å². The molecule has 418 valence electrons. The number of fused-ring (bicyclic) bond motifs is 1. The quantitative estimate of drug-likeness (QED) is 0.0143. The molecule has 7 atom stereocenters. The number of hydrogen-bond acceptors (Lipinski definition) is 13. The van der Waals surface area contributed by atoms with Gasteiger partial charge < -0.3 is 80.3 Å². The van der Waals surface area contributed by atoms with E-state index in [-0.39, 0.29) is 57.5 Å². The first kappa shape index (κ1) is 61.2. The Kier molecular flexibility index (Phi) is 25.5. The van der Waals surface area contributed by atoms with Crippen molar-refractivity contribution in [2.24, 2.45) is 27.9 Å². The lowest BCUT2D eigenvalue weighted by atomic mass is 10.0. The van der Waals surface area contributed by atoms with Crippen molar-refractivity contribution in [3.8, 4) is 0 Å². The molecule has 2 heterocycles. The van der Waals surface area contributed by atoms with Crippen molar-refractivity contribution in [2.75, 3.05) is 19.6 Å². The summed E-state index contributed by atoms with van der Waals surface area (Å²) in [6, 6.07) is 6.44. The number of amides is 7. The summed E-state index contributed by atoms with van der Waals surface area (Å²) in [5, 5.41) is 38.1. The van der Waals surface area contributed by atoms with Crippen LogP contribution in [0.1, 0.15) is 88.0 Å². The van der Waals surface area contributed by atoms with Gasteiger partial charge in [0.05, 0.1) is 18.9 Å². The Labute approximate surface area is 444 Å². The fourth-order valence-corrected chi connectivity index (χ4v) is 8.13. The summed E-state index contributed by atoms with van der Waals surface area (Å²) in [6.45, 7) is 1.62. The van der Waals surface area contributed by atoms with E-state index in [9.17, 15) is 53.4 Å². The molecule has 19 N–H and O–H groups in total. The molecule has 0 aliphatic rings. The van der Waals surface area contributed by atoms with E-state index in [1.807, 2.05) is 19.1 Å². The molecule has 0 unspecified atom stereocenters. The molecule has 7 amide bonds. The predicted molar refractivity (Wildman–Crippen MR) is 284 cm³/mol. The summed E-state index contributed by atoms with van der Waals surface area (Å²) >= 11 is 0. The molecule has 26 nitrogen and oxygen atoms in total. The number of imidazole rings is 1. The standard InChI is InChI=1S/C51H73N15O11/c1-2-3-15-34(53)44(70)62-37(19-20-43(68)69)47(73)66-41(25-32-27-56-29-60-32)49(75)64-39(23-30-12-5-4-6-13-30)48(74)63-36(18-11-22-57-51(54)55)46(72)65-40(24-31-26-58-35-16-8-7-14-33(31)35)45(71)59-28-42(67)61-38(50(76)77)17-9-10-21-52/h4-8,12-14,16,26-27,29,34,36-41,58H,2-3,9-11,15,17-25,28,52-53H2,1H3,(H,56,60)(H,59,71)(H,61,67)(H,62,70)(H,63,74)(H,64,75)(H,65,72)(H,66,73)(H,68,69)(H,76,77)(H4,54,55,57)/t34-,36-,37-,38-,39+,40+,41-/m0/s1. The first-order valence-corrected chi connectivity index (χ1v) is 25.5. The van der Waals surface area contributed by atoms with Crippen molar-refractivity contribution >= 4 is 70.2 Å². The zero-order chi connectivity index (χ0) is 56.3. The average molecular weight is 1070 g/mol. The Morgan fingerprint density at radius 2 is 1.23 bits per heavy atom. The van der Waals surface area contributed by atoms with Gasteiger partial charge in [-0.05, 0) is 68.7 Å². The number of carbonyl (C=O) groups is 9. The number of hydrogen-bond donors (Lipinski definition) is 15. The lowest BCUT2D eigenvalue weighted by Crippen LogP contribution is -2.60. The van der Waals surface area contributed by atoms with Gasteiger partial charge >= 0.3 is 11.9 Å². The minimum absolute atomic E-state index is 0.0255. The number of nitrogens with zero attached hydrogens (tertiary/aromatic N) is 2. The maximum absolute atomic E-state index is 14.7. The fourth-order valence-electron chi connectivity index (χ4n) is 8.13. The Balaban J connectivity index is 1.65. The Bertz CT molecular complexity index is 2610. The number of H-pyrrole nitrogens is 2. The monoisotopic (exact) mass is 1070 g/mol. The van der Waals surface area contributed by atoms with Crippen molar-refractivity contribution in [3.63, 3.8) is 0 Å². The molecule has 2 aromatic carbocycles. The second-order valence-electron chi connectivity index (χ2n) is 18.4. The molecule has 0 radical (unpaired) electrons. The number of carboxylic acid groups (broad SMARTS) is 2. The zero-order valence-electron chi connectivity index (χ0n) is 43.1. The number of carbonyl (C=O) groups excluding carboxylic acids is 7. The molecule has 26 heteroatoms. The summed E-state index contributed by atoms with van der Waals surface area (Å²) in [7, 11) is 0. The average Bonchev–Trinajstić information content (AvgIpc) is 4.08. The van der Waals surface area contributed by atoms with Crippen LogP contribution in [0.5, 0.6) is 0 Å². The molecule has 2 aromatic heterocycles. The highest BCUT2D eigenvalue weighted by Crippen LogP contribution is 2.20. The van der Waals surface area contributed by atoms with Gasteiger partial charge in [-0.1, -0.05) is 68.3 Å². The van der Waals surface area contributed by atoms with Crippen LogP contribution in [0.2, 0.25) is 0 Å². The summed E-state index contributed by atoms with van der Waals surface area (Å²) in [5.41, 5.74) is 25.1. The highest BCUT2D eigenvalue weighted by atomic mass is 16.4. The van der Waals surface area contributed by atoms with Crippen molar-refractivity contribution in [1.82, 2.24) is 52.2 Å². The zero-order valence-corrected chi connectivity index (χ0v) is 43.1. The molecule has 4 rings (SSSR count). The van der Waals surface area contributed by atoms with Gasteiger partial charge in [-0.15, -0.1) is 0 Å². The second-order valence-corrected chi connectivity index (χ2v) is 18.4. The highest BCUT2D eigenvalue weighted by Gasteiger charge is 2.34. The molecule has 0 fully saturated rings. The number of aromatic nitrogens is 3. The van der Waals surface area contributed by atoms with Gasteiger partial charge in [-0.3, -0.25) is 43.3 Å². The minimum atomic E-state index is -1.46. The lowest BCUT2D eigenvalue weighted by Gasteiger charge is -2.27. The number of nitrogens with one attached hydrogen (secondary N) is 9. The predicted octanol–water partition coefficient (Wildman–Crippen LogP) is -1.41. The van der Waals surface area contributed by atoms with Crippen LogP contribution >= 0.6 is 0 Å². The van der Waals surface area contributed by atoms with Gasteiger partial charge in [-0.2, -0.15) is 0 Å². The molecule has 0 spiro atoms. The van der Waals surface area contributed by atoms with E-state index in [4.69, 9.17) is 22.9 Å². The number of carboxylic acids is 2. The molecule has 0 aliphatic heterocycles. The van der Waals surface area contributed by atoms with Crippen LogP contribution in [-0.2, 0) is 62.4 Å². The SMILES string of the molecule is CCCC[C@H](N)C(=O)N[C@@H](CCC(=O)O)C(=O)N[C@@H](Cc1cnc[nH]1)C(=O)N[C@H](Cc1ccccc1)C(=O)N[C@@H](CCCN=C(N)N)C(=O)N[C@H](Cc1c[nH]c2ccccc12)C(=O)NCC(=O)N[C@@H](CCCCN)C(=O)O. The van der Waals surface area contributed by atoms with Crippen LogP contribution in [0.3, 0.4) is 0 Å². The number of aromatic amines is 2. The lowest BCUT2D eigenvalue weighted by molar-refractivity contribution is -0.142. The third-order valence-electron chi connectivity index (χ3n) is 12.3. The normalized spacial score (nSPS) is 13.8. The number of aliphatic carboxylic acids is 2. The maximum atomic E-state index is 14.7. The largest absolute Gasteiger partial charge is 0.481 e. The second kappa shape index (κ2) is 32.1. The van der Waals surface area contributed by atoms with E-state index in [0.29, 0.717) is 49.0 Å². The number of guanidine groups is 1. The van der Waals surface area contributed by atoms with Gasteiger partial charge in [0.1, 0.15) is 36.3 Å². The number of rotatable bonds is 35. The van der Waals surface area contributed by atoms with Crippen LogP contribution < -0.4 is 60.2 Å². The first-order chi connectivity index (χ1) is 36.9. The van der Waals surface area contributed by atoms with Crippen molar-refractivity contribution in [2.45, 2.75) is 133 Å². The first-order valence-electron chi connectivity index (χ1n) is 25.5. The van der Waals surface area contributed by atoms with Gasteiger partial charge in [0.2, 0.25) is 41.4 Å². The third kappa shape index (κ3) is 21.4. The third-order valence-corrected chi connectivity index (χ3v) is 12.3. The van der Waals surface area contributed by atoms with E-state index in [0.717, 1.165) is 17.3 Å². The molecular weight excluding hydrogens is 999 g/mol. The molecule has 0 saturated carbocycles. The molecule has 0 saturated heterocycles. The summed E-state index contributed by atoms with van der Waals surface area (Å²) in [6.07, 6.45) is 5.86. The smallest absolute Gasteiger partial charge is 0.326 e. The minimum Gasteiger partial charge on any atom is -0.481 e. The van der Waals surface area contributed by atoms with Gasteiger partial charge in [0, 0.05) is 61.2 Å². The summed E-state index contributed by atoms with van der Waals surface area (Å²) < 4.78 is 0. The molecular formula is C51H73N15O11. The Morgan fingerprint density at radius 3 is 1.86 bits per heavy atom. The van der Waals surface area contributed by atoms with Crippen molar-refractivity contribution in [3.05, 3.63) is 90.1 Å². The number of benzene rings is 2. The maximum Gasteiger partial charge on any atom is 0.326 e. The molecule has 0 aliphatic carbocycles. The van der Waals surface area contributed by atoms with Crippen molar-refractivity contribution in [1.29, 1.82) is 0 Å². The van der Waals surface area contributed by atoms with E-state index >= 15 is 0 Å². The van der Waals surface area contributed by atoms with E-state index < -0.39 is 109 Å².